The zero-order valence-corrected chi connectivity index (χ0v) is 19.8. The second-order valence-corrected chi connectivity index (χ2v) is 7.53. The van der Waals surface area contributed by atoms with Crippen LogP contribution in [0.4, 0.5) is 0 Å². The van der Waals surface area contributed by atoms with Gasteiger partial charge in [-0.25, -0.2) is 4.99 Å². The number of halogens is 1. The van der Waals surface area contributed by atoms with Crippen LogP contribution >= 0.6 is 35.3 Å². The molecule has 5 nitrogen and oxygen atoms in total. The number of aromatic nitrogens is 1. The first-order chi connectivity index (χ1) is 13.6. The molecule has 3 rings (SSSR count). The van der Waals surface area contributed by atoms with Crippen LogP contribution in [0.2, 0.25) is 0 Å². The van der Waals surface area contributed by atoms with Crippen molar-refractivity contribution in [2.75, 3.05) is 13.1 Å². The average molecular weight is 522 g/mol. The number of nitrogens with zero attached hydrogens (tertiary/aromatic N) is 2. The van der Waals surface area contributed by atoms with Crippen molar-refractivity contribution in [3.05, 3.63) is 76.6 Å². The minimum atomic E-state index is -0.949. The molecule has 1 atom stereocenters. The third-order valence-electron chi connectivity index (χ3n) is 4.39. The van der Waals surface area contributed by atoms with Crippen LogP contribution in [0.3, 0.4) is 0 Å². The first kappa shape index (κ1) is 23.3. The molecule has 0 bridgehead atoms. The lowest BCUT2D eigenvalue weighted by atomic mass is 9.99. The predicted octanol–water partition coefficient (Wildman–Crippen LogP) is 4.39. The van der Waals surface area contributed by atoms with Gasteiger partial charge in [0.25, 0.3) is 0 Å². The molecule has 154 valence electrons. The summed E-state index contributed by atoms with van der Waals surface area (Å²) in [6.07, 6.45) is 1.80. The van der Waals surface area contributed by atoms with E-state index in [4.69, 9.17) is 0 Å². The Morgan fingerprint density at radius 3 is 2.72 bits per heavy atom. The van der Waals surface area contributed by atoms with Gasteiger partial charge in [0.2, 0.25) is 0 Å². The van der Waals surface area contributed by atoms with Crippen molar-refractivity contribution in [1.29, 1.82) is 0 Å². The fourth-order valence-electron chi connectivity index (χ4n) is 2.80. The van der Waals surface area contributed by atoms with Crippen LogP contribution in [-0.4, -0.2) is 29.1 Å². The fourth-order valence-corrected chi connectivity index (χ4v) is 3.59. The number of hydrogen-bond acceptors (Lipinski definition) is 4. The highest BCUT2D eigenvalue weighted by molar-refractivity contribution is 14.0. The average Bonchev–Trinajstić information content (AvgIpc) is 3.27. The van der Waals surface area contributed by atoms with Gasteiger partial charge in [0.05, 0.1) is 18.8 Å². The van der Waals surface area contributed by atoms with Crippen LogP contribution in [0.25, 0.3) is 11.3 Å². The Balaban J connectivity index is 0.00000300. The molecule has 29 heavy (non-hydrogen) atoms. The molecule has 0 saturated heterocycles. The smallest absolute Gasteiger partial charge is 0.191 e. The number of thiophene rings is 1. The minimum Gasteiger partial charge on any atom is -0.384 e. The molecule has 0 aliphatic rings. The molecule has 1 unspecified atom stereocenters. The number of guanidine groups is 1. The van der Waals surface area contributed by atoms with E-state index in [0.717, 1.165) is 28.9 Å². The van der Waals surface area contributed by atoms with E-state index in [1.807, 2.05) is 54.9 Å². The summed E-state index contributed by atoms with van der Waals surface area (Å²) in [7, 11) is 0. The lowest BCUT2D eigenvalue weighted by Gasteiger charge is -2.24. The van der Waals surface area contributed by atoms with Gasteiger partial charge in [0.15, 0.2) is 5.96 Å². The molecule has 0 aliphatic heterocycles. The number of nitrogens with one attached hydrogen (secondary N) is 2. The summed E-state index contributed by atoms with van der Waals surface area (Å²) >= 11 is 1.58. The molecular weight excluding hydrogens is 495 g/mol. The van der Waals surface area contributed by atoms with Gasteiger partial charge < -0.3 is 15.7 Å². The second-order valence-electron chi connectivity index (χ2n) is 6.75. The van der Waals surface area contributed by atoms with Gasteiger partial charge in [-0.3, -0.25) is 4.98 Å². The van der Waals surface area contributed by atoms with Crippen molar-refractivity contribution in [3.63, 3.8) is 0 Å². The molecule has 7 heteroatoms. The number of aliphatic imine (C=N–C) groups is 1. The molecule has 0 radical (unpaired) electrons. The van der Waals surface area contributed by atoms with E-state index in [1.165, 1.54) is 0 Å². The van der Waals surface area contributed by atoms with Crippen LogP contribution in [0.1, 0.15) is 25.0 Å². The van der Waals surface area contributed by atoms with Gasteiger partial charge in [-0.1, -0.05) is 24.3 Å². The SMILES string of the molecule is CCNC(=NCc1cccc(-c2ccccn2)c1)NCC(C)(O)c1ccsc1.I. The molecule has 0 amide bonds. The van der Waals surface area contributed by atoms with E-state index in [0.29, 0.717) is 19.0 Å². The number of hydrogen-bond donors (Lipinski definition) is 3. The third-order valence-corrected chi connectivity index (χ3v) is 5.08. The van der Waals surface area contributed by atoms with Crippen LogP contribution < -0.4 is 10.6 Å². The Kier molecular flexibility index (Phi) is 9.06. The van der Waals surface area contributed by atoms with Crippen molar-refractivity contribution < 1.29 is 5.11 Å². The molecule has 0 aliphatic carbocycles. The summed E-state index contributed by atoms with van der Waals surface area (Å²) in [5.41, 5.74) is 3.08. The highest BCUT2D eigenvalue weighted by Gasteiger charge is 2.23. The fraction of sp³-hybridized carbons (Fsp3) is 0.273. The van der Waals surface area contributed by atoms with Crippen molar-refractivity contribution in [2.45, 2.75) is 26.0 Å². The van der Waals surface area contributed by atoms with Gasteiger partial charge >= 0.3 is 0 Å². The van der Waals surface area contributed by atoms with E-state index in [9.17, 15) is 5.11 Å². The van der Waals surface area contributed by atoms with Crippen molar-refractivity contribution in [1.82, 2.24) is 15.6 Å². The van der Waals surface area contributed by atoms with E-state index in [-0.39, 0.29) is 24.0 Å². The minimum absolute atomic E-state index is 0. The maximum atomic E-state index is 10.7. The Morgan fingerprint density at radius 1 is 1.17 bits per heavy atom. The summed E-state index contributed by atoms with van der Waals surface area (Å²) in [4.78, 5) is 9.08. The van der Waals surface area contributed by atoms with Crippen LogP contribution in [0, 0.1) is 0 Å². The lowest BCUT2D eigenvalue weighted by Crippen LogP contribution is -2.44. The third kappa shape index (κ3) is 6.80. The monoisotopic (exact) mass is 522 g/mol. The summed E-state index contributed by atoms with van der Waals surface area (Å²) in [5.74, 6) is 0.682. The summed E-state index contributed by atoms with van der Waals surface area (Å²) in [6.45, 7) is 5.50. The quantitative estimate of drug-likeness (QED) is 0.245. The summed E-state index contributed by atoms with van der Waals surface area (Å²) < 4.78 is 0. The van der Waals surface area contributed by atoms with Crippen LogP contribution in [0.5, 0.6) is 0 Å². The lowest BCUT2D eigenvalue weighted by molar-refractivity contribution is 0.0621. The normalized spacial score (nSPS) is 13.3. The van der Waals surface area contributed by atoms with Gasteiger partial charge in [0, 0.05) is 18.3 Å². The van der Waals surface area contributed by atoms with E-state index >= 15 is 0 Å². The highest BCUT2D eigenvalue weighted by atomic mass is 127. The van der Waals surface area contributed by atoms with E-state index in [1.54, 1.807) is 17.5 Å². The van der Waals surface area contributed by atoms with Gasteiger partial charge in [-0.05, 0) is 60.0 Å². The Morgan fingerprint density at radius 2 is 2.03 bits per heavy atom. The molecule has 3 aromatic rings. The molecule has 3 N–H and O–H groups in total. The molecule has 1 aromatic carbocycles. The predicted molar refractivity (Wildman–Crippen MR) is 132 cm³/mol. The van der Waals surface area contributed by atoms with Gasteiger partial charge in [-0.2, -0.15) is 11.3 Å². The van der Waals surface area contributed by atoms with Gasteiger partial charge in [-0.15, -0.1) is 24.0 Å². The number of benzene rings is 1. The van der Waals surface area contributed by atoms with E-state index in [2.05, 4.69) is 38.8 Å². The molecule has 0 saturated carbocycles. The molecular formula is C22H27IN4OS. The zero-order valence-electron chi connectivity index (χ0n) is 16.6. The Bertz CT molecular complexity index is 898. The highest BCUT2D eigenvalue weighted by Crippen LogP contribution is 2.22. The Labute approximate surface area is 193 Å². The van der Waals surface area contributed by atoms with Crippen molar-refractivity contribution in [2.24, 2.45) is 4.99 Å². The summed E-state index contributed by atoms with van der Waals surface area (Å²) in [6, 6.07) is 16.1. The zero-order chi connectivity index (χ0) is 19.8. The standard InChI is InChI=1S/C22H26N4OS.HI/c1-3-23-21(26-16-22(2,27)19-10-12-28-15-19)25-14-17-7-6-8-18(13-17)20-9-4-5-11-24-20;/h4-13,15,27H,3,14,16H2,1-2H3,(H2,23,25,26);1H. The van der Waals surface area contributed by atoms with Crippen molar-refractivity contribution in [3.8, 4) is 11.3 Å². The number of rotatable bonds is 7. The van der Waals surface area contributed by atoms with Crippen LogP contribution in [-0.2, 0) is 12.1 Å². The Hall–Kier alpha value is -1.97. The van der Waals surface area contributed by atoms with Gasteiger partial charge in [0.1, 0.15) is 5.60 Å². The second kappa shape index (κ2) is 11.3. The maximum absolute atomic E-state index is 10.7. The largest absolute Gasteiger partial charge is 0.384 e. The molecule has 2 aromatic heterocycles. The molecule has 2 heterocycles. The number of pyridine rings is 1. The van der Waals surface area contributed by atoms with Crippen LogP contribution in [0.15, 0.2) is 70.5 Å². The summed E-state index contributed by atoms with van der Waals surface area (Å²) in [5, 5.41) is 21.1. The maximum Gasteiger partial charge on any atom is 0.191 e. The molecule has 0 spiro atoms. The number of aliphatic hydroxyl groups is 1. The van der Waals surface area contributed by atoms with Crippen molar-refractivity contribution >= 4 is 41.3 Å². The first-order valence-corrected chi connectivity index (χ1v) is 10.3. The topological polar surface area (TPSA) is 69.5 Å². The first-order valence-electron chi connectivity index (χ1n) is 9.36. The molecule has 0 fully saturated rings. The van der Waals surface area contributed by atoms with E-state index < -0.39 is 5.60 Å².